The second-order valence-corrected chi connectivity index (χ2v) is 3.47. The van der Waals surface area contributed by atoms with E-state index in [-0.39, 0.29) is 0 Å². The van der Waals surface area contributed by atoms with Gasteiger partial charge in [0, 0.05) is 30.4 Å². The van der Waals surface area contributed by atoms with Gasteiger partial charge in [0.05, 0.1) is 0 Å². The van der Waals surface area contributed by atoms with Crippen molar-refractivity contribution in [2.24, 2.45) is 4.99 Å². The molecule has 0 radical (unpaired) electrons. The number of rotatable bonds is 5. The summed E-state index contributed by atoms with van der Waals surface area (Å²) in [6.07, 6.45) is 3.69. The summed E-state index contributed by atoms with van der Waals surface area (Å²) in [4.78, 5) is 7.81. The fraction of sp³-hybridized carbons (Fsp3) is 0.333. The highest BCUT2D eigenvalue weighted by molar-refractivity contribution is 7.98. The van der Waals surface area contributed by atoms with E-state index in [2.05, 4.69) is 22.8 Å². The van der Waals surface area contributed by atoms with Crippen molar-refractivity contribution >= 4 is 18.5 Å². The van der Waals surface area contributed by atoms with Crippen molar-refractivity contribution in [3.8, 4) is 0 Å². The van der Waals surface area contributed by atoms with E-state index < -0.39 is 0 Å². The molecule has 0 unspecified atom stereocenters. The summed E-state index contributed by atoms with van der Waals surface area (Å²) in [7, 11) is 0. The molecule has 0 saturated carbocycles. The Bertz CT molecular complexity index is 223. The first-order chi connectivity index (χ1) is 5.93. The van der Waals surface area contributed by atoms with E-state index in [1.54, 1.807) is 6.20 Å². The molecule has 0 N–H and O–H groups in total. The molecule has 0 spiro atoms. The Balaban J connectivity index is 2.20. The molecule has 2 nitrogen and oxygen atoms in total. The first kappa shape index (κ1) is 9.26. The molecule has 0 aliphatic rings. The van der Waals surface area contributed by atoms with Crippen LogP contribution in [0.1, 0.15) is 5.56 Å². The average Bonchev–Trinajstić information content (AvgIpc) is 2.14. The molecule has 3 heteroatoms. The highest BCUT2D eigenvalue weighted by Gasteiger charge is 1.91. The zero-order valence-corrected chi connectivity index (χ0v) is 7.76. The second kappa shape index (κ2) is 5.77. The molecule has 64 valence electrons. The summed E-state index contributed by atoms with van der Waals surface area (Å²) in [6, 6.07) is 4.04. The lowest BCUT2D eigenvalue weighted by Gasteiger charge is -1.98. The summed E-state index contributed by atoms with van der Waals surface area (Å²) in [5, 5.41) is 0. The molecule has 0 saturated heterocycles. The number of hydrogen-bond acceptors (Lipinski definition) is 3. The number of aromatic nitrogens is 1. The number of thioether (sulfide) groups is 1. The van der Waals surface area contributed by atoms with Gasteiger partial charge in [0.2, 0.25) is 0 Å². The minimum Gasteiger partial charge on any atom is -0.300 e. The van der Waals surface area contributed by atoms with Gasteiger partial charge in [-0.05, 0) is 18.3 Å². The molecule has 0 aliphatic carbocycles. The summed E-state index contributed by atoms with van der Waals surface area (Å²) in [6.45, 7) is 4.27. The van der Waals surface area contributed by atoms with Crippen LogP contribution in [0.25, 0.3) is 0 Å². The lowest BCUT2D eigenvalue weighted by Crippen LogP contribution is -1.86. The molecular formula is C9H12N2S. The van der Waals surface area contributed by atoms with Gasteiger partial charge in [-0.1, -0.05) is 6.07 Å². The molecule has 12 heavy (non-hydrogen) atoms. The molecule has 1 aromatic rings. The molecular weight excluding hydrogens is 168 g/mol. The topological polar surface area (TPSA) is 25.2 Å². The van der Waals surface area contributed by atoms with Gasteiger partial charge in [0.1, 0.15) is 0 Å². The molecule has 1 heterocycles. The van der Waals surface area contributed by atoms with Crippen molar-refractivity contribution in [2.45, 2.75) is 5.75 Å². The summed E-state index contributed by atoms with van der Waals surface area (Å²) in [5.41, 5.74) is 1.27. The summed E-state index contributed by atoms with van der Waals surface area (Å²) >= 11 is 1.86. The molecule has 1 rings (SSSR count). The molecule has 0 aromatic carbocycles. The van der Waals surface area contributed by atoms with Crippen LogP contribution < -0.4 is 0 Å². The van der Waals surface area contributed by atoms with Crippen molar-refractivity contribution < 1.29 is 0 Å². The van der Waals surface area contributed by atoms with E-state index in [9.17, 15) is 0 Å². The third kappa shape index (κ3) is 3.53. The van der Waals surface area contributed by atoms with E-state index in [1.807, 2.05) is 24.0 Å². The van der Waals surface area contributed by atoms with Crippen molar-refractivity contribution in [3.05, 3.63) is 30.1 Å². The van der Waals surface area contributed by atoms with Crippen LogP contribution in [-0.4, -0.2) is 24.0 Å². The summed E-state index contributed by atoms with van der Waals surface area (Å²) < 4.78 is 0. The zero-order chi connectivity index (χ0) is 8.65. The predicted octanol–water partition coefficient (Wildman–Crippen LogP) is 2.02. The smallest absolute Gasteiger partial charge is 0.0472 e. The van der Waals surface area contributed by atoms with Crippen molar-refractivity contribution in [1.29, 1.82) is 0 Å². The average molecular weight is 180 g/mol. The molecule has 1 aromatic heterocycles. The Morgan fingerprint density at radius 1 is 1.58 bits per heavy atom. The van der Waals surface area contributed by atoms with Gasteiger partial charge < -0.3 is 4.99 Å². The van der Waals surface area contributed by atoms with Gasteiger partial charge in [-0.25, -0.2) is 0 Å². The molecule has 0 atom stereocenters. The quantitative estimate of drug-likeness (QED) is 0.511. The van der Waals surface area contributed by atoms with Crippen LogP contribution >= 0.6 is 11.8 Å². The monoisotopic (exact) mass is 180 g/mol. The van der Waals surface area contributed by atoms with Crippen LogP contribution in [0.2, 0.25) is 0 Å². The Morgan fingerprint density at radius 3 is 3.17 bits per heavy atom. The normalized spacial score (nSPS) is 9.67. The minimum atomic E-state index is 0.838. The third-order valence-corrected chi connectivity index (χ3v) is 2.39. The van der Waals surface area contributed by atoms with E-state index in [4.69, 9.17) is 0 Å². The van der Waals surface area contributed by atoms with Crippen molar-refractivity contribution in [2.75, 3.05) is 12.3 Å². The number of nitrogens with zero attached hydrogens (tertiary/aromatic N) is 2. The Kier molecular flexibility index (Phi) is 4.46. The van der Waals surface area contributed by atoms with Crippen LogP contribution in [0.5, 0.6) is 0 Å². The minimum absolute atomic E-state index is 0.838. The number of hydrogen-bond donors (Lipinski definition) is 0. The standard InChI is InChI=1S/C9H12N2S/c1-10-5-6-12-8-9-3-2-4-11-7-9/h2-4,7H,1,5-6,8H2. The highest BCUT2D eigenvalue weighted by atomic mass is 32.2. The maximum atomic E-state index is 4.03. The van der Waals surface area contributed by atoms with Gasteiger partial charge in [0.25, 0.3) is 0 Å². The van der Waals surface area contributed by atoms with Crippen LogP contribution in [0, 0.1) is 0 Å². The molecule has 0 amide bonds. The maximum absolute atomic E-state index is 4.03. The van der Waals surface area contributed by atoms with Crippen LogP contribution in [0.4, 0.5) is 0 Å². The Labute approximate surface area is 77.1 Å². The Morgan fingerprint density at radius 2 is 2.50 bits per heavy atom. The van der Waals surface area contributed by atoms with E-state index in [0.29, 0.717) is 0 Å². The van der Waals surface area contributed by atoms with Gasteiger partial charge in [-0.15, -0.1) is 0 Å². The van der Waals surface area contributed by atoms with Gasteiger partial charge >= 0.3 is 0 Å². The Hall–Kier alpha value is -0.830. The van der Waals surface area contributed by atoms with E-state index in [0.717, 1.165) is 18.1 Å². The largest absolute Gasteiger partial charge is 0.300 e. The zero-order valence-electron chi connectivity index (χ0n) is 6.94. The highest BCUT2D eigenvalue weighted by Crippen LogP contribution is 2.09. The van der Waals surface area contributed by atoms with Crippen molar-refractivity contribution in [3.63, 3.8) is 0 Å². The lowest BCUT2D eigenvalue weighted by molar-refractivity contribution is 1.16. The van der Waals surface area contributed by atoms with Crippen LogP contribution in [0.15, 0.2) is 29.5 Å². The molecule has 0 bridgehead atoms. The van der Waals surface area contributed by atoms with E-state index >= 15 is 0 Å². The third-order valence-electron chi connectivity index (χ3n) is 1.39. The van der Waals surface area contributed by atoms with Gasteiger partial charge in [-0.3, -0.25) is 4.98 Å². The molecule has 0 aliphatic heterocycles. The predicted molar refractivity (Wildman–Crippen MR) is 54.8 cm³/mol. The lowest BCUT2D eigenvalue weighted by atomic mass is 10.3. The maximum Gasteiger partial charge on any atom is 0.0472 e. The number of aliphatic imine (C=N–C) groups is 1. The first-order valence-corrected chi connectivity index (χ1v) is 4.98. The fourth-order valence-electron chi connectivity index (χ4n) is 0.803. The van der Waals surface area contributed by atoms with Gasteiger partial charge in [0.15, 0.2) is 0 Å². The van der Waals surface area contributed by atoms with Crippen LogP contribution in [-0.2, 0) is 5.75 Å². The first-order valence-electron chi connectivity index (χ1n) is 3.82. The van der Waals surface area contributed by atoms with Crippen LogP contribution in [0.3, 0.4) is 0 Å². The summed E-state index contributed by atoms with van der Waals surface area (Å²) in [5.74, 6) is 2.06. The SMILES string of the molecule is C=NCCSCc1cccnc1. The van der Waals surface area contributed by atoms with E-state index in [1.165, 1.54) is 5.56 Å². The number of pyridine rings is 1. The molecule has 0 fully saturated rings. The van der Waals surface area contributed by atoms with Crippen molar-refractivity contribution in [1.82, 2.24) is 4.98 Å². The van der Waals surface area contributed by atoms with Gasteiger partial charge in [-0.2, -0.15) is 11.8 Å². The second-order valence-electron chi connectivity index (χ2n) is 2.36. The fourth-order valence-corrected chi connectivity index (χ4v) is 1.61.